The molecule has 19 heavy (non-hydrogen) atoms. The van der Waals surface area contributed by atoms with Gasteiger partial charge in [-0.25, -0.2) is 4.79 Å². The normalized spacial score (nSPS) is 13.8. The molecule has 0 aliphatic heterocycles. The molecule has 0 spiro atoms. The minimum Gasteiger partial charge on any atom is -0.481 e. The zero-order valence-corrected chi connectivity index (χ0v) is 11.4. The van der Waals surface area contributed by atoms with E-state index in [0.29, 0.717) is 6.54 Å². The molecule has 0 aromatic carbocycles. The number of rotatable bonds is 7. The van der Waals surface area contributed by atoms with E-state index < -0.39 is 5.97 Å². The van der Waals surface area contributed by atoms with Crippen molar-refractivity contribution in [2.24, 2.45) is 0 Å². The standard InChI is InChI=1S/C12H21N3O4/c1-13-10(16)5-7-14(2)12(19)15(9-3-4-9)8-6-11(17)18/h9H,3-8H2,1-2H3,(H,13,16)(H,17,18). The van der Waals surface area contributed by atoms with Crippen LogP contribution in [0.4, 0.5) is 4.79 Å². The lowest BCUT2D eigenvalue weighted by atomic mass is 10.3. The molecular formula is C12H21N3O4. The predicted molar refractivity (Wildman–Crippen MR) is 68.7 cm³/mol. The van der Waals surface area contributed by atoms with Gasteiger partial charge in [-0.1, -0.05) is 0 Å². The molecule has 1 aliphatic rings. The number of amides is 3. The first-order valence-corrected chi connectivity index (χ1v) is 6.39. The quantitative estimate of drug-likeness (QED) is 0.688. The molecule has 2 N–H and O–H groups in total. The topological polar surface area (TPSA) is 90.0 Å². The van der Waals surface area contributed by atoms with Gasteiger partial charge in [-0.3, -0.25) is 9.59 Å². The van der Waals surface area contributed by atoms with Crippen molar-refractivity contribution in [1.82, 2.24) is 15.1 Å². The molecule has 0 bridgehead atoms. The molecule has 0 heterocycles. The highest BCUT2D eigenvalue weighted by atomic mass is 16.4. The van der Waals surface area contributed by atoms with Crippen molar-refractivity contribution < 1.29 is 19.5 Å². The molecular weight excluding hydrogens is 250 g/mol. The van der Waals surface area contributed by atoms with Crippen LogP contribution in [-0.4, -0.2) is 66.0 Å². The highest BCUT2D eigenvalue weighted by Crippen LogP contribution is 2.27. The maximum absolute atomic E-state index is 12.2. The van der Waals surface area contributed by atoms with E-state index in [-0.39, 0.29) is 37.4 Å². The Bertz CT molecular complexity index is 355. The molecule has 1 saturated carbocycles. The smallest absolute Gasteiger partial charge is 0.320 e. The molecule has 0 unspecified atom stereocenters. The van der Waals surface area contributed by atoms with Gasteiger partial charge in [-0.15, -0.1) is 0 Å². The second kappa shape index (κ2) is 6.96. The van der Waals surface area contributed by atoms with Gasteiger partial charge in [-0.05, 0) is 12.8 Å². The average Bonchev–Trinajstić information content (AvgIpc) is 3.19. The number of nitrogens with zero attached hydrogens (tertiary/aromatic N) is 2. The largest absolute Gasteiger partial charge is 0.481 e. The summed E-state index contributed by atoms with van der Waals surface area (Å²) in [5.41, 5.74) is 0. The number of hydrogen-bond acceptors (Lipinski definition) is 3. The Hall–Kier alpha value is -1.79. The fourth-order valence-electron chi connectivity index (χ4n) is 1.75. The van der Waals surface area contributed by atoms with E-state index in [9.17, 15) is 14.4 Å². The van der Waals surface area contributed by atoms with Gasteiger partial charge >= 0.3 is 12.0 Å². The molecule has 0 atom stereocenters. The van der Waals surface area contributed by atoms with Crippen LogP contribution in [0.1, 0.15) is 25.7 Å². The molecule has 0 radical (unpaired) electrons. The van der Waals surface area contributed by atoms with Gasteiger partial charge in [0.2, 0.25) is 5.91 Å². The maximum Gasteiger partial charge on any atom is 0.320 e. The fraction of sp³-hybridized carbons (Fsp3) is 0.750. The first-order valence-electron chi connectivity index (χ1n) is 6.39. The number of nitrogens with one attached hydrogen (secondary N) is 1. The third-order valence-corrected chi connectivity index (χ3v) is 3.08. The van der Waals surface area contributed by atoms with E-state index in [1.807, 2.05) is 0 Å². The lowest BCUT2D eigenvalue weighted by Gasteiger charge is -2.27. The molecule has 7 nitrogen and oxygen atoms in total. The van der Waals surface area contributed by atoms with Crippen LogP contribution in [0.25, 0.3) is 0 Å². The van der Waals surface area contributed by atoms with E-state index in [4.69, 9.17) is 5.11 Å². The van der Waals surface area contributed by atoms with Crippen LogP contribution >= 0.6 is 0 Å². The highest BCUT2D eigenvalue weighted by Gasteiger charge is 2.34. The van der Waals surface area contributed by atoms with E-state index >= 15 is 0 Å². The second-order valence-electron chi connectivity index (χ2n) is 4.70. The third-order valence-electron chi connectivity index (χ3n) is 3.08. The van der Waals surface area contributed by atoms with Crippen LogP contribution in [0.15, 0.2) is 0 Å². The van der Waals surface area contributed by atoms with E-state index in [2.05, 4.69) is 5.32 Å². The van der Waals surface area contributed by atoms with Gasteiger partial charge in [0, 0.05) is 39.6 Å². The molecule has 1 rings (SSSR count). The summed E-state index contributed by atoms with van der Waals surface area (Å²) in [6.45, 7) is 0.554. The summed E-state index contributed by atoms with van der Waals surface area (Å²) in [5, 5.41) is 11.2. The van der Waals surface area contributed by atoms with Crippen LogP contribution in [0, 0.1) is 0 Å². The van der Waals surface area contributed by atoms with Gasteiger partial charge in [0.1, 0.15) is 0 Å². The van der Waals surface area contributed by atoms with E-state index in [1.54, 1.807) is 19.0 Å². The van der Waals surface area contributed by atoms with Crippen LogP contribution in [0.5, 0.6) is 0 Å². The first kappa shape index (κ1) is 15.3. The minimum atomic E-state index is -0.911. The number of urea groups is 1. The van der Waals surface area contributed by atoms with Crippen LogP contribution in [-0.2, 0) is 9.59 Å². The molecule has 0 aromatic heterocycles. The summed E-state index contributed by atoms with van der Waals surface area (Å²) in [7, 11) is 3.18. The van der Waals surface area contributed by atoms with Gasteiger partial charge < -0.3 is 20.2 Å². The summed E-state index contributed by atoms with van der Waals surface area (Å²) in [6.07, 6.45) is 2.05. The highest BCUT2D eigenvalue weighted by molar-refractivity contribution is 5.78. The van der Waals surface area contributed by atoms with Gasteiger partial charge in [0.05, 0.1) is 6.42 Å². The third kappa shape index (κ3) is 5.15. The van der Waals surface area contributed by atoms with E-state index in [0.717, 1.165) is 12.8 Å². The lowest BCUT2D eigenvalue weighted by Crippen LogP contribution is -2.44. The van der Waals surface area contributed by atoms with Crippen LogP contribution in [0.2, 0.25) is 0 Å². The van der Waals surface area contributed by atoms with Crippen molar-refractivity contribution in [2.45, 2.75) is 31.7 Å². The average molecular weight is 271 g/mol. The molecule has 1 aliphatic carbocycles. The number of carbonyl (C=O) groups is 3. The summed E-state index contributed by atoms with van der Waals surface area (Å²) < 4.78 is 0. The van der Waals surface area contributed by atoms with Crippen LogP contribution in [0.3, 0.4) is 0 Å². The van der Waals surface area contributed by atoms with Gasteiger partial charge in [-0.2, -0.15) is 0 Å². The molecule has 0 aromatic rings. The molecule has 7 heteroatoms. The zero-order chi connectivity index (χ0) is 14.4. The summed E-state index contributed by atoms with van der Waals surface area (Å²) in [4.78, 5) is 36.9. The number of carboxylic acid groups (broad SMARTS) is 1. The summed E-state index contributed by atoms with van der Waals surface area (Å²) in [5.74, 6) is -1.03. The van der Waals surface area contributed by atoms with Crippen molar-refractivity contribution in [1.29, 1.82) is 0 Å². The van der Waals surface area contributed by atoms with Gasteiger partial charge in [0.15, 0.2) is 0 Å². The maximum atomic E-state index is 12.2. The molecule has 0 saturated heterocycles. The number of hydrogen-bond donors (Lipinski definition) is 2. The monoisotopic (exact) mass is 271 g/mol. The Morgan fingerprint density at radius 1 is 1.21 bits per heavy atom. The Kier molecular flexibility index (Phi) is 5.59. The SMILES string of the molecule is CNC(=O)CCN(C)C(=O)N(CCC(=O)O)C1CC1. The fourth-order valence-corrected chi connectivity index (χ4v) is 1.75. The number of carbonyl (C=O) groups excluding carboxylic acids is 2. The van der Waals surface area contributed by atoms with Crippen molar-refractivity contribution in [3.8, 4) is 0 Å². The predicted octanol–water partition coefficient (Wildman–Crippen LogP) is 0.113. The van der Waals surface area contributed by atoms with E-state index in [1.165, 1.54) is 4.90 Å². The van der Waals surface area contributed by atoms with Crippen LogP contribution < -0.4 is 5.32 Å². The summed E-state index contributed by atoms with van der Waals surface area (Å²) in [6, 6.07) is -0.0399. The minimum absolute atomic E-state index is 0.0501. The zero-order valence-electron chi connectivity index (χ0n) is 11.4. The number of carboxylic acids is 1. The molecule has 1 fully saturated rings. The van der Waals surface area contributed by atoms with Crippen molar-refractivity contribution >= 4 is 17.9 Å². The Labute approximate surface area is 112 Å². The summed E-state index contributed by atoms with van der Waals surface area (Å²) >= 11 is 0. The lowest BCUT2D eigenvalue weighted by molar-refractivity contribution is -0.137. The van der Waals surface area contributed by atoms with Crippen molar-refractivity contribution in [3.63, 3.8) is 0 Å². The molecule has 3 amide bonds. The first-order chi connectivity index (χ1) is 8.95. The number of aliphatic carboxylic acids is 1. The second-order valence-corrected chi connectivity index (χ2v) is 4.70. The Balaban J connectivity index is 2.46. The Morgan fingerprint density at radius 3 is 2.32 bits per heavy atom. The van der Waals surface area contributed by atoms with Crippen molar-refractivity contribution in [2.75, 3.05) is 27.2 Å². The molecule has 108 valence electrons. The van der Waals surface area contributed by atoms with Crippen molar-refractivity contribution in [3.05, 3.63) is 0 Å². The Morgan fingerprint density at radius 2 is 1.84 bits per heavy atom. The van der Waals surface area contributed by atoms with Gasteiger partial charge in [0.25, 0.3) is 0 Å².